The van der Waals surface area contributed by atoms with Crippen LogP contribution in [0.3, 0.4) is 0 Å². The summed E-state index contributed by atoms with van der Waals surface area (Å²) in [6.07, 6.45) is 0. The van der Waals surface area contributed by atoms with Crippen molar-refractivity contribution in [3.8, 4) is 22.6 Å². The molecule has 0 aliphatic carbocycles. The van der Waals surface area contributed by atoms with E-state index in [1.54, 1.807) is 24.3 Å². The SMILES string of the molecule is Oc1ccc(-c2ccc(N(c3ccccc3)c3ccc(O)cc3)cc2)cc1. The van der Waals surface area contributed by atoms with E-state index in [1.807, 2.05) is 42.5 Å². The standard InChI is InChI=1S/C24H19NO2/c26-23-14-8-19(9-15-23)18-6-10-21(11-7-18)25(20-4-2-1-3-5-20)22-12-16-24(27)17-13-22/h1-17,26-27H. The lowest BCUT2D eigenvalue weighted by molar-refractivity contribution is 0.475. The van der Waals surface area contributed by atoms with E-state index < -0.39 is 0 Å². The first-order chi connectivity index (χ1) is 13.2. The Morgan fingerprint density at radius 2 is 0.778 bits per heavy atom. The largest absolute Gasteiger partial charge is 0.508 e. The van der Waals surface area contributed by atoms with E-state index in [1.165, 1.54) is 0 Å². The van der Waals surface area contributed by atoms with Crippen LogP contribution in [0.5, 0.6) is 11.5 Å². The highest BCUT2D eigenvalue weighted by molar-refractivity contribution is 5.78. The number of nitrogens with zero attached hydrogens (tertiary/aromatic N) is 1. The Labute approximate surface area is 158 Å². The number of phenols is 2. The average Bonchev–Trinajstić information content (AvgIpc) is 2.72. The Bertz CT molecular complexity index is 1010. The first kappa shape index (κ1) is 16.7. The molecule has 0 aromatic heterocycles. The third-order valence-corrected chi connectivity index (χ3v) is 4.45. The number of aromatic hydroxyl groups is 2. The smallest absolute Gasteiger partial charge is 0.115 e. The number of anilines is 3. The number of rotatable bonds is 4. The zero-order chi connectivity index (χ0) is 18.6. The van der Waals surface area contributed by atoms with Gasteiger partial charge in [-0.05, 0) is 71.8 Å². The molecule has 0 radical (unpaired) electrons. The fourth-order valence-corrected chi connectivity index (χ4v) is 3.08. The Morgan fingerprint density at radius 3 is 1.30 bits per heavy atom. The molecule has 0 heterocycles. The minimum atomic E-state index is 0.245. The predicted octanol–water partition coefficient (Wildman–Crippen LogP) is 6.23. The summed E-state index contributed by atoms with van der Waals surface area (Å²) < 4.78 is 0. The molecule has 0 spiro atoms. The summed E-state index contributed by atoms with van der Waals surface area (Å²) in [6.45, 7) is 0. The molecule has 3 heteroatoms. The molecular weight excluding hydrogens is 334 g/mol. The second kappa shape index (κ2) is 7.26. The molecule has 132 valence electrons. The Balaban J connectivity index is 1.74. The third kappa shape index (κ3) is 3.62. The molecule has 27 heavy (non-hydrogen) atoms. The molecule has 0 aliphatic heterocycles. The number of phenolic OH excluding ortho intramolecular Hbond substituents is 2. The second-order valence-corrected chi connectivity index (χ2v) is 6.28. The van der Waals surface area contributed by atoms with Crippen LogP contribution in [0.4, 0.5) is 17.1 Å². The van der Waals surface area contributed by atoms with Gasteiger partial charge in [-0.2, -0.15) is 0 Å². The van der Waals surface area contributed by atoms with E-state index in [4.69, 9.17) is 0 Å². The van der Waals surface area contributed by atoms with Crippen LogP contribution in [0.1, 0.15) is 0 Å². The highest BCUT2D eigenvalue weighted by Gasteiger charge is 2.12. The molecule has 0 saturated carbocycles. The van der Waals surface area contributed by atoms with E-state index in [0.717, 1.165) is 28.2 Å². The van der Waals surface area contributed by atoms with Crippen LogP contribution in [0.15, 0.2) is 103 Å². The molecule has 4 aromatic rings. The number of para-hydroxylation sites is 1. The summed E-state index contributed by atoms with van der Waals surface area (Å²) in [7, 11) is 0. The van der Waals surface area contributed by atoms with E-state index in [0.29, 0.717) is 0 Å². The predicted molar refractivity (Wildman–Crippen MR) is 110 cm³/mol. The van der Waals surface area contributed by atoms with Gasteiger partial charge in [-0.25, -0.2) is 0 Å². The summed E-state index contributed by atoms with van der Waals surface area (Å²) in [4.78, 5) is 2.14. The summed E-state index contributed by atoms with van der Waals surface area (Å²) in [5.74, 6) is 0.507. The number of benzene rings is 4. The quantitative estimate of drug-likeness (QED) is 0.457. The first-order valence-corrected chi connectivity index (χ1v) is 8.74. The Hall–Kier alpha value is -3.72. The van der Waals surface area contributed by atoms with Gasteiger partial charge in [0.1, 0.15) is 11.5 Å². The van der Waals surface area contributed by atoms with Gasteiger partial charge >= 0.3 is 0 Å². The molecule has 0 atom stereocenters. The normalized spacial score (nSPS) is 10.5. The van der Waals surface area contributed by atoms with E-state index in [-0.39, 0.29) is 11.5 Å². The maximum Gasteiger partial charge on any atom is 0.115 e. The lowest BCUT2D eigenvalue weighted by Gasteiger charge is -2.25. The average molecular weight is 353 g/mol. The van der Waals surface area contributed by atoms with Crippen LogP contribution in [-0.2, 0) is 0 Å². The summed E-state index contributed by atoms with van der Waals surface area (Å²) >= 11 is 0. The number of hydrogen-bond acceptors (Lipinski definition) is 3. The summed E-state index contributed by atoms with van der Waals surface area (Å²) in [5.41, 5.74) is 5.17. The molecule has 0 amide bonds. The van der Waals surface area contributed by atoms with Crippen LogP contribution in [0.2, 0.25) is 0 Å². The van der Waals surface area contributed by atoms with Crippen molar-refractivity contribution in [3.05, 3.63) is 103 Å². The van der Waals surface area contributed by atoms with E-state index in [9.17, 15) is 10.2 Å². The van der Waals surface area contributed by atoms with Gasteiger partial charge in [-0.1, -0.05) is 42.5 Å². The molecule has 0 bridgehead atoms. The molecule has 2 N–H and O–H groups in total. The van der Waals surface area contributed by atoms with Crippen LogP contribution in [0, 0.1) is 0 Å². The van der Waals surface area contributed by atoms with Crippen molar-refractivity contribution in [3.63, 3.8) is 0 Å². The zero-order valence-electron chi connectivity index (χ0n) is 14.7. The van der Waals surface area contributed by atoms with Crippen molar-refractivity contribution < 1.29 is 10.2 Å². The maximum absolute atomic E-state index is 9.63. The van der Waals surface area contributed by atoms with Gasteiger partial charge in [0.05, 0.1) is 0 Å². The fourth-order valence-electron chi connectivity index (χ4n) is 3.08. The number of hydrogen-bond donors (Lipinski definition) is 2. The lowest BCUT2D eigenvalue weighted by Crippen LogP contribution is -2.09. The molecule has 0 fully saturated rings. The van der Waals surface area contributed by atoms with E-state index >= 15 is 0 Å². The van der Waals surface area contributed by atoms with Gasteiger partial charge in [0, 0.05) is 17.1 Å². The molecule has 0 saturated heterocycles. The van der Waals surface area contributed by atoms with Crippen LogP contribution in [-0.4, -0.2) is 10.2 Å². The summed E-state index contributed by atoms with van der Waals surface area (Å²) in [6, 6.07) is 32.8. The third-order valence-electron chi connectivity index (χ3n) is 4.45. The van der Waals surface area contributed by atoms with Crippen molar-refractivity contribution in [2.75, 3.05) is 4.90 Å². The summed E-state index contributed by atoms with van der Waals surface area (Å²) in [5, 5.41) is 19.1. The molecular formula is C24H19NO2. The van der Waals surface area contributed by atoms with Gasteiger partial charge in [0.2, 0.25) is 0 Å². The highest BCUT2D eigenvalue weighted by atomic mass is 16.3. The molecule has 0 aliphatic rings. The molecule has 0 unspecified atom stereocenters. The molecule has 3 nitrogen and oxygen atoms in total. The highest BCUT2D eigenvalue weighted by Crippen LogP contribution is 2.36. The Kier molecular flexibility index (Phi) is 4.50. The minimum absolute atomic E-state index is 0.245. The van der Waals surface area contributed by atoms with Gasteiger partial charge in [-0.15, -0.1) is 0 Å². The zero-order valence-corrected chi connectivity index (χ0v) is 14.7. The van der Waals surface area contributed by atoms with Crippen molar-refractivity contribution in [1.82, 2.24) is 0 Å². The van der Waals surface area contributed by atoms with Gasteiger partial charge in [0.15, 0.2) is 0 Å². The van der Waals surface area contributed by atoms with Crippen LogP contribution >= 0.6 is 0 Å². The monoisotopic (exact) mass is 353 g/mol. The van der Waals surface area contributed by atoms with Gasteiger partial charge in [0.25, 0.3) is 0 Å². The van der Waals surface area contributed by atoms with Crippen molar-refractivity contribution in [1.29, 1.82) is 0 Å². The Morgan fingerprint density at radius 1 is 0.407 bits per heavy atom. The second-order valence-electron chi connectivity index (χ2n) is 6.28. The fraction of sp³-hybridized carbons (Fsp3) is 0. The van der Waals surface area contributed by atoms with Crippen molar-refractivity contribution in [2.45, 2.75) is 0 Å². The van der Waals surface area contributed by atoms with Gasteiger partial charge in [-0.3, -0.25) is 0 Å². The molecule has 4 aromatic carbocycles. The van der Waals surface area contributed by atoms with Crippen molar-refractivity contribution in [2.24, 2.45) is 0 Å². The molecule has 4 rings (SSSR count). The van der Waals surface area contributed by atoms with Crippen molar-refractivity contribution >= 4 is 17.1 Å². The van der Waals surface area contributed by atoms with Crippen LogP contribution in [0.25, 0.3) is 11.1 Å². The topological polar surface area (TPSA) is 43.7 Å². The minimum Gasteiger partial charge on any atom is -0.508 e. The lowest BCUT2D eigenvalue weighted by atomic mass is 10.0. The van der Waals surface area contributed by atoms with Gasteiger partial charge < -0.3 is 15.1 Å². The van der Waals surface area contributed by atoms with E-state index in [2.05, 4.69) is 41.3 Å². The maximum atomic E-state index is 9.63. The van der Waals surface area contributed by atoms with Crippen LogP contribution < -0.4 is 4.90 Å². The first-order valence-electron chi connectivity index (χ1n) is 8.74.